The van der Waals surface area contributed by atoms with E-state index in [4.69, 9.17) is 4.74 Å². The van der Waals surface area contributed by atoms with Crippen molar-refractivity contribution < 1.29 is 4.74 Å². The van der Waals surface area contributed by atoms with Crippen LogP contribution >= 0.6 is 15.9 Å². The van der Waals surface area contributed by atoms with Crippen molar-refractivity contribution in [1.82, 2.24) is 4.98 Å². The van der Waals surface area contributed by atoms with Crippen molar-refractivity contribution in [2.24, 2.45) is 0 Å². The molecule has 0 fully saturated rings. The largest absolute Gasteiger partial charge is 0.492 e. The number of benzene rings is 2. The number of nitrogens with one attached hydrogen (secondary N) is 1. The number of hydrogen-bond acceptors (Lipinski definition) is 3. The van der Waals surface area contributed by atoms with Crippen LogP contribution in [0.3, 0.4) is 0 Å². The highest BCUT2D eigenvalue weighted by Gasteiger charge is 2.03. The second-order valence-corrected chi connectivity index (χ2v) is 6.27. The summed E-state index contributed by atoms with van der Waals surface area (Å²) in [4.78, 5) is 4.26. The molecule has 122 valence electrons. The molecule has 24 heavy (non-hydrogen) atoms. The molecule has 2 aromatic carbocycles. The van der Waals surface area contributed by atoms with Gasteiger partial charge in [-0.1, -0.05) is 42.5 Å². The lowest BCUT2D eigenvalue weighted by Crippen LogP contribution is -2.03. The zero-order valence-corrected chi connectivity index (χ0v) is 14.9. The zero-order valence-electron chi connectivity index (χ0n) is 13.3. The molecule has 0 atom stereocenters. The summed E-state index contributed by atoms with van der Waals surface area (Å²) in [5.74, 6) is 1.74. The number of rotatable bonds is 7. The van der Waals surface area contributed by atoms with Gasteiger partial charge < -0.3 is 10.1 Å². The summed E-state index contributed by atoms with van der Waals surface area (Å²) in [7, 11) is 0. The lowest BCUT2D eigenvalue weighted by Gasteiger charge is -2.11. The standard InChI is InChI=1S/C20H19BrN2O/c21-18-14-17(15-23-20-8-4-5-12-22-20)9-10-19(18)24-13-11-16-6-2-1-3-7-16/h1-10,12,14H,11,13,15H2,(H,22,23). The van der Waals surface area contributed by atoms with E-state index in [2.05, 4.69) is 62.6 Å². The maximum absolute atomic E-state index is 5.88. The van der Waals surface area contributed by atoms with E-state index >= 15 is 0 Å². The van der Waals surface area contributed by atoms with Crippen molar-refractivity contribution in [1.29, 1.82) is 0 Å². The van der Waals surface area contributed by atoms with Gasteiger partial charge in [-0.25, -0.2) is 4.98 Å². The van der Waals surface area contributed by atoms with Crippen LogP contribution in [0.1, 0.15) is 11.1 Å². The van der Waals surface area contributed by atoms with Gasteiger partial charge in [0.2, 0.25) is 0 Å². The van der Waals surface area contributed by atoms with Crippen LogP contribution in [0.2, 0.25) is 0 Å². The van der Waals surface area contributed by atoms with Gasteiger partial charge in [0.15, 0.2) is 0 Å². The summed E-state index contributed by atoms with van der Waals surface area (Å²) in [6, 6.07) is 22.3. The molecule has 0 spiro atoms. The predicted octanol–water partition coefficient (Wildman–Crippen LogP) is 5.08. The highest BCUT2D eigenvalue weighted by molar-refractivity contribution is 9.10. The van der Waals surface area contributed by atoms with Crippen LogP contribution < -0.4 is 10.1 Å². The lowest BCUT2D eigenvalue weighted by atomic mass is 10.2. The number of nitrogens with zero attached hydrogens (tertiary/aromatic N) is 1. The van der Waals surface area contributed by atoms with Gasteiger partial charge in [-0.2, -0.15) is 0 Å². The summed E-state index contributed by atoms with van der Waals surface area (Å²) in [5, 5.41) is 3.30. The maximum Gasteiger partial charge on any atom is 0.133 e. The van der Waals surface area contributed by atoms with E-state index in [0.717, 1.165) is 29.0 Å². The monoisotopic (exact) mass is 382 g/mol. The molecule has 0 unspecified atom stereocenters. The summed E-state index contributed by atoms with van der Waals surface area (Å²) in [5.41, 5.74) is 2.45. The lowest BCUT2D eigenvalue weighted by molar-refractivity contribution is 0.320. The molecule has 0 saturated carbocycles. The molecular formula is C20H19BrN2O. The second-order valence-electron chi connectivity index (χ2n) is 5.42. The first kappa shape index (κ1) is 16.5. The first-order chi connectivity index (χ1) is 11.8. The Morgan fingerprint density at radius 1 is 0.917 bits per heavy atom. The SMILES string of the molecule is Brc1cc(CNc2ccccn2)ccc1OCCc1ccccc1. The minimum atomic E-state index is 0.661. The van der Waals surface area contributed by atoms with Crippen molar-refractivity contribution in [2.75, 3.05) is 11.9 Å². The molecule has 0 aliphatic rings. The third-order valence-electron chi connectivity index (χ3n) is 3.63. The van der Waals surface area contributed by atoms with E-state index in [9.17, 15) is 0 Å². The van der Waals surface area contributed by atoms with Crippen LogP contribution in [0.15, 0.2) is 77.4 Å². The fourth-order valence-corrected chi connectivity index (χ4v) is 2.90. The first-order valence-electron chi connectivity index (χ1n) is 7.91. The Bertz CT molecular complexity index is 763. The van der Waals surface area contributed by atoms with Gasteiger partial charge >= 0.3 is 0 Å². The van der Waals surface area contributed by atoms with E-state index in [-0.39, 0.29) is 0 Å². The van der Waals surface area contributed by atoms with Crippen molar-refractivity contribution in [3.63, 3.8) is 0 Å². The van der Waals surface area contributed by atoms with Crippen molar-refractivity contribution in [3.8, 4) is 5.75 Å². The number of halogens is 1. The molecular weight excluding hydrogens is 364 g/mol. The Kier molecular flexibility index (Phi) is 5.85. The Labute approximate surface area is 150 Å². The maximum atomic E-state index is 5.88. The van der Waals surface area contributed by atoms with Crippen molar-refractivity contribution in [3.05, 3.63) is 88.5 Å². The smallest absolute Gasteiger partial charge is 0.133 e. The van der Waals surface area contributed by atoms with Crippen LogP contribution in [0.25, 0.3) is 0 Å². The van der Waals surface area contributed by atoms with Crippen molar-refractivity contribution >= 4 is 21.7 Å². The summed E-state index contributed by atoms with van der Waals surface area (Å²) >= 11 is 3.59. The molecule has 0 amide bonds. The minimum absolute atomic E-state index is 0.661. The van der Waals surface area contributed by atoms with Crippen LogP contribution in [-0.2, 0) is 13.0 Å². The third kappa shape index (κ3) is 4.83. The average molecular weight is 383 g/mol. The molecule has 1 aromatic heterocycles. The quantitative estimate of drug-likeness (QED) is 0.618. The molecule has 0 saturated heterocycles. The number of ether oxygens (including phenoxy) is 1. The Hall–Kier alpha value is -2.33. The molecule has 0 radical (unpaired) electrons. The van der Waals surface area contributed by atoms with Gasteiger partial charge in [-0.15, -0.1) is 0 Å². The van der Waals surface area contributed by atoms with Gasteiger partial charge in [0, 0.05) is 19.2 Å². The average Bonchev–Trinajstić information content (AvgIpc) is 2.63. The second kappa shape index (κ2) is 8.50. The van der Waals surface area contributed by atoms with Gasteiger partial charge in [0.1, 0.15) is 11.6 Å². The first-order valence-corrected chi connectivity index (χ1v) is 8.70. The molecule has 3 nitrogen and oxygen atoms in total. The zero-order chi connectivity index (χ0) is 16.6. The van der Waals surface area contributed by atoms with E-state index < -0.39 is 0 Å². The number of hydrogen-bond donors (Lipinski definition) is 1. The van der Waals surface area contributed by atoms with E-state index in [0.29, 0.717) is 6.61 Å². The van der Waals surface area contributed by atoms with Gasteiger partial charge in [-0.05, 0) is 51.3 Å². The van der Waals surface area contributed by atoms with Crippen LogP contribution in [-0.4, -0.2) is 11.6 Å². The minimum Gasteiger partial charge on any atom is -0.492 e. The topological polar surface area (TPSA) is 34.2 Å². The summed E-state index contributed by atoms with van der Waals surface area (Å²) in [6.45, 7) is 1.38. The Morgan fingerprint density at radius 3 is 2.50 bits per heavy atom. The molecule has 4 heteroatoms. The van der Waals surface area contributed by atoms with E-state index in [1.54, 1.807) is 6.20 Å². The fraction of sp³-hybridized carbons (Fsp3) is 0.150. The number of aromatic nitrogens is 1. The molecule has 1 N–H and O–H groups in total. The molecule has 1 heterocycles. The summed E-state index contributed by atoms with van der Waals surface area (Å²) < 4.78 is 6.85. The van der Waals surface area contributed by atoms with Gasteiger partial charge in [0.05, 0.1) is 11.1 Å². The van der Waals surface area contributed by atoms with Crippen LogP contribution in [0.5, 0.6) is 5.75 Å². The summed E-state index contributed by atoms with van der Waals surface area (Å²) in [6.07, 6.45) is 2.68. The highest BCUT2D eigenvalue weighted by Crippen LogP contribution is 2.26. The molecule has 0 aliphatic carbocycles. The third-order valence-corrected chi connectivity index (χ3v) is 4.25. The normalized spacial score (nSPS) is 10.4. The van der Waals surface area contributed by atoms with Crippen molar-refractivity contribution in [2.45, 2.75) is 13.0 Å². The van der Waals surface area contributed by atoms with Crippen LogP contribution in [0, 0.1) is 0 Å². The number of anilines is 1. The molecule has 0 bridgehead atoms. The fourth-order valence-electron chi connectivity index (χ4n) is 2.35. The van der Waals surface area contributed by atoms with E-state index in [1.165, 1.54) is 11.1 Å². The van der Waals surface area contributed by atoms with E-state index in [1.807, 2.05) is 30.3 Å². The molecule has 0 aliphatic heterocycles. The molecule has 3 aromatic rings. The number of pyridine rings is 1. The highest BCUT2D eigenvalue weighted by atomic mass is 79.9. The van der Waals surface area contributed by atoms with Crippen LogP contribution in [0.4, 0.5) is 5.82 Å². The Balaban J connectivity index is 1.52. The Morgan fingerprint density at radius 2 is 1.75 bits per heavy atom. The van der Waals surface area contributed by atoms with Gasteiger partial charge in [-0.3, -0.25) is 0 Å². The molecule has 3 rings (SSSR count). The van der Waals surface area contributed by atoms with Gasteiger partial charge in [0.25, 0.3) is 0 Å². The predicted molar refractivity (Wildman–Crippen MR) is 101 cm³/mol.